The summed E-state index contributed by atoms with van der Waals surface area (Å²) >= 11 is 0. The molecule has 2 saturated carbocycles. The Labute approximate surface area is 113 Å². The van der Waals surface area contributed by atoms with Crippen LogP contribution in [0.2, 0.25) is 0 Å². The molecule has 0 aromatic carbocycles. The van der Waals surface area contributed by atoms with Crippen molar-refractivity contribution in [3.05, 3.63) is 0 Å². The summed E-state index contributed by atoms with van der Waals surface area (Å²) in [6.45, 7) is 5.85. The maximum absolute atomic E-state index is 11.0. The van der Waals surface area contributed by atoms with E-state index in [2.05, 4.69) is 32.8 Å². The maximum atomic E-state index is 11.0. The Balaban J connectivity index is 1.90. The molecular formula is C16H31NO. The summed E-state index contributed by atoms with van der Waals surface area (Å²) in [6, 6.07) is 0. The van der Waals surface area contributed by atoms with Gasteiger partial charge in [-0.05, 0) is 82.8 Å². The van der Waals surface area contributed by atoms with Gasteiger partial charge in [-0.3, -0.25) is 0 Å². The normalized spacial score (nSPS) is 44.3. The van der Waals surface area contributed by atoms with Crippen molar-refractivity contribution < 1.29 is 5.11 Å². The zero-order valence-corrected chi connectivity index (χ0v) is 12.7. The second kappa shape index (κ2) is 5.13. The molecule has 18 heavy (non-hydrogen) atoms. The summed E-state index contributed by atoms with van der Waals surface area (Å²) < 4.78 is 0. The van der Waals surface area contributed by atoms with E-state index in [0.29, 0.717) is 5.92 Å². The lowest BCUT2D eigenvalue weighted by molar-refractivity contribution is -0.113. The Morgan fingerprint density at radius 2 is 1.94 bits per heavy atom. The molecule has 0 spiro atoms. The minimum Gasteiger partial charge on any atom is -0.389 e. The van der Waals surface area contributed by atoms with Gasteiger partial charge in [-0.2, -0.15) is 0 Å². The van der Waals surface area contributed by atoms with Crippen LogP contribution in [0.25, 0.3) is 0 Å². The zero-order valence-electron chi connectivity index (χ0n) is 12.7. The average Bonchev–Trinajstić information content (AvgIpc) is 2.52. The number of nitrogens with zero attached hydrogens (tertiary/aromatic N) is 1. The topological polar surface area (TPSA) is 23.5 Å². The molecule has 0 radical (unpaired) electrons. The van der Waals surface area contributed by atoms with E-state index in [-0.39, 0.29) is 11.0 Å². The molecule has 2 rings (SSSR count). The van der Waals surface area contributed by atoms with E-state index in [1.54, 1.807) is 0 Å². The van der Waals surface area contributed by atoms with Crippen molar-refractivity contribution >= 4 is 0 Å². The molecule has 0 aliphatic heterocycles. The minimum atomic E-state index is -0.354. The van der Waals surface area contributed by atoms with Crippen molar-refractivity contribution in [2.24, 2.45) is 17.3 Å². The molecule has 4 atom stereocenters. The smallest absolute Gasteiger partial charge is 0.0706 e. The van der Waals surface area contributed by atoms with Crippen molar-refractivity contribution in [1.29, 1.82) is 0 Å². The van der Waals surface area contributed by atoms with Gasteiger partial charge in [-0.1, -0.05) is 13.8 Å². The van der Waals surface area contributed by atoms with Crippen LogP contribution >= 0.6 is 0 Å². The van der Waals surface area contributed by atoms with E-state index in [0.717, 1.165) is 18.8 Å². The molecule has 1 N–H and O–H groups in total. The second-order valence-corrected chi connectivity index (χ2v) is 7.44. The molecule has 2 heteroatoms. The van der Waals surface area contributed by atoms with Crippen LogP contribution in [-0.4, -0.2) is 36.2 Å². The highest BCUT2D eigenvalue weighted by Crippen LogP contribution is 2.59. The Kier molecular flexibility index (Phi) is 4.08. The van der Waals surface area contributed by atoms with E-state index in [4.69, 9.17) is 0 Å². The lowest BCUT2D eigenvalue weighted by Crippen LogP contribution is -2.49. The van der Waals surface area contributed by atoms with Crippen LogP contribution in [0.15, 0.2) is 0 Å². The molecule has 0 aromatic heterocycles. The fraction of sp³-hybridized carbons (Fsp3) is 1.00. The Hall–Kier alpha value is -0.0800. The quantitative estimate of drug-likeness (QED) is 0.831. The van der Waals surface area contributed by atoms with Crippen LogP contribution in [0, 0.1) is 17.3 Å². The predicted molar refractivity (Wildman–Crippen MR) is 76.6 cm³/mol. The van der Waals surface area contributed by atoms with Gasteiger partial charge in [-0.25, -0.2) is 0 Å². The van der Waals surface area contributed by atoms with Gasteiger partial charge in [0.25, 0.3) is 0 Å². The first kappa shape index (κ1) is 14.3. The van der Waals surface area contributed by atoms with E-state index < -0.39 is 0 Å². The molecule has 0 heterocycles. The summed E-state index contributed by atoms with van der Waals surface area (Å²) in [5, 5.41) is 11.0. The van der Waals surface area contributed by atoms with Crippen molar-refractivity contribution in [1.82, 2.24) is 4.90 Å². The highest BCUT2D eigenvalue weighted by Gasteiger charge is 2.56. The molecule has 0 saturated heterocycles. The lowest BCUT2D eigenvalue weighted by atomic mass is 9.60. The molecule has 2 fully saturated rings. The van der Waals surface area contributed by atoms with Crippen LogP contribution in [0.3, 0.4) is 0 Å². The highest BCUT2D eigenvalue weighted by atomic mass is 16.3. The zero-order chi connectivity index (χ0) is 13.4. The third kappa shape index (κ3) is 2.46. The first-order valence-electron chi connectivity index (χ1n) is 7.74. The van der Waals surface area contributed by atoms with Crippen LogP contribution < -0.4 is 0 Å². The molecule has 0 bridgehead atoms. The number of fused-ring (bicyclic) bond motifs is 1. The van der Waals surface area contributed by atoms with Gasteiger partial charge < -0.3 is 10.0 Å². The second-order valence-electron chi connectivity index (χ2n) is 7.44. The number of hydrogen-bond acceptors (Lipinski definition) is 2. The largest absolute Gasteiger partial charge is 0.389 e. The predicted octanol–water partition coefficient (Wildman–Crippen LogP) is 3.30. The summed E-state index contributed by atoms with van der Waals surface area (Å²) in [4.78, 5) is 2.26. The Morgan fingerprint density at radius 3 is 2.61 bits per heavy atom. The van der Waals surface area contributed by atoms with Gasteiger partial charge in [0, 0.05) is 0 Å². The van der Waals surface area contributed by atoms with Crippen LogP contribution in [0.1, 0.15) is 58.8 Å². The lowest BCUT2D eigenvalue weighted by Gasteiger charge is -2.49. The van der Waals surface area contributed by atoms with Crippen molar-refractivity contribution in [3.63, 3.8) is 0 Å². The third-order valence-corrected chi connectivity index (χ3v) is 6.06. The van der Waals surface area contributed by atoms with Gasteiger partial charge in [0.1, 0.15) is 0 Å². The van der Waals surface area contributed by atoms with E-state index >= 15 is 0 Å². The molecule has 2 nitrogen and oxygen atoms in total. The summed E-state index contributed by atoms with van der Waals surface area (Å²) in [7, 11) is 4.29. The molecule has 0 aromatic rings. The molecule has 106 valence electrons. The van der Waals surface area contributed by atoms with Gasteiger partial charge >= 0.3 is 0 Å². The molecule has 2 aliphatic carbocycles. The first-order chi connectivity index (χ1) is 8.37. The first-order valence-corrected chi connectivity index (χ1v) is 7.74. The molecule has 4 unspecified atom stereocenters. The van der Waals surface area contributed by atoms with Gasteiger partial charge in [0.05, 0.1) is 5.60 Å². The number of hydrogen-bond donors (Lipinski definition) is 1. The van der Waals surface area contributed by atoms with E-state index in [1.165, 1.54) is 38.6 Å². The standard InChI is InChI=1S/C16H31NO/c1-13-7-10-16(18)12-14(6-5-11-17(3)4)8-9-15(13,16)2/h13-14,18H,5-12H2,1-4H3. The van der Waals surface area contributed by atoms with Crippen LogP contribution in [0.5, 0.6) is 0 Å². The highest BCUT2D eigenvalue weighted by molar-refractivity contribution is 5.07. The van der Waals surface area contributed by atoms with Gasteiger partial charge in [0.15, 0.2) is 0 Å². The van der Waals surface area contributed by atoms with Crippen molar-refractivity contribution in [3.8, 4) is 0 Å². The molecule has 2 aliphatic rings. The van der Waals surface area contributed by atoms with Crippen LogP contribution in [-0.2, 0) is 0 Å². The minimum absolute atomic E-state index is 0.199. The van der Waals surface area contributed by atoms with Gasteiger partial charge in [-0.15, -0.1) is 0 Å². The van der Waals surface area contributed by atoms with E-state index in [1.807, 2.05) is 0 Å². The number of rotatable bonds is 4. The van der Waals surface area contributed by atoms with Crippen molar-refractivity contribution in [2.75, 3.05) is 20.6 Å². The molecule has 0 amide bonds. The number of aliphatic hydroxyl groups is 1. The fourth-order valence-corrected chi connectivity index (χ4v) is 4.36. The van der Waals surface area contributed by atoms with Gasteiger partial charge in [0.2, 0.25) is 0 Å². The SMILES string of the molecule is CC1CCC2(O)CC(CCCN(C)C)CCC12C. The third-order valence-electron chi connectivity index (χ3n) is 6.06. The maximum Gasteiger partial charge on any atom is 0.0706 e. The summed E-state index contributed by atoms with van der Waals surface area (Å²) in [5.74, 6) is 1.46. The monoisotopic (exact) mass is 253 g/mol. The summed E-state index contributed by atoms with van der Waals surface area (Å²) in [5.41, 5.74) is -0.154. The Bertz CT molecular complexity index is 291. The Morgan fingerprint density at radius 1 is 1.22 bits per heavy atom. The average molecular weight is 253 g/mol. The van der Waals surface area contributed by atoms with E-state index in [9.17, 15) is 5.11 Å². The summed E-state index contributed by atoms with van der Waals surface area (Å²) in [6.07, 6.45) is 8.45. The molecular weight excluding hydrogens is 222 g/mol. The van der Waals surface area contributed by atoms with Crippen molar-refractivity contribution in [2.45, 2.75) is 64.4 Å². The fourth-order valence-electron chi connectivity index (χ4n) is 4.36. The van der Waals surface area contributed by atoms with Crippen LogP contribution in [0.4, 0.5) is 0 Å².